The van der Waals surface area contributed by atoms with Gasteiger partial charge in [0.1, 0.15) is 9.88 Å². The Bertz CT molecular complexity index is 914. The second kappa shape index (κ2) is 6.04. The fourth-order valence-corrected chi connectivity index (χ4v) is 4.27. The Morgan fingerprint density at radius 1 is 1.33 bits per heavy atom. The second-order valence-electron chi connectivity index (χ2n) is 5.30. The first-order valence-corrected chi connectivity index (χ1v) is 8.85. The maximum absolute atomic E-state index is 12.5. The van der Waals surface area contributed by atoms with Gasteiger partial charge in [-0.2, -0.15) is 4.98 Å². The standard InChI is InChI=1S/C14H13N5O3S2/c1-6-11(24-19-17-6)12(20)16-14-10(13-15-7(2)18-22-13)8-3-4-21-5-9(8)23-14/h3-5H2,1-2H3,(H,16,20). The van der Waals surface area contributed by atoms with Gasteiger partial charge in [0.05, 0.1) is 24.5 Å². The van der Waals surface area contributed by atoms with Gasteiger partial charge in [0, 0.05) is 4.88 Å². The van der Waals surface area contributed by atoms with Gasteiger partial charge < -0.3 is 14.6 Å². The largest absolute Gasteiger partial charge is 0.376 e. The fraction of sp³-hybridized carbons (Fsp3) is 0.357. The highest BCUT2D eigenvalue weighted by atomic mass is 32.1. The molecular formula is C14H13N5O3S2. The van der Waals surface area contributed by atoms with Crippen molar-refractivity contribution < 1.29 is 14.1 Å². The van der Waals surface area contributed by atoms with E-state index in [1.54, 1.807) is 13.8 Å². The van der Waals surface area contributed by atoms with Gasteiger partial charge in [-0.25, -0.2) is 0 Å². The number of thiophene rings is 1. The van der Waals surface area contributed by atoms with Gasteiger partial charge in [-0.15, -0.1) is 16.4 Å². The number of aromatic nitrogens is 4. The molecule has 0 aromatic carbocycles. The van der Waals surface area contributed by atoms with E-state index in [1.165, 1.54) is 11.3 Å². The van der Waals surface area contributed by atoms with Gasteiger partial charge in [0.25, 0.3) is 11.8 Å². The molecule has 8 nitrogen and oxygen atoms in total. The molecule has 0 saturated carbocycles. The first kappa shape index (κ1) is 15.4. The van der Waals surface area contributed by atoms with Gasteiger partial charge in [0.2, 0.25) is 0 Å². The molecule has 1 aliphatic heterocycles. The third kappa shape index (κ3) is 2.62. The highest BCUT2D eigenvalue weighted by molar-refractivity contribution is 7.17. The molecule has 4 heterocycles. The van der Waals surface area contributed by atoms with Crippen LogP contribution >= 0.6 is 22.9 Å². The number of hydrogen-bond donors (Lipinski definition) is 1. The maximum atomic E-state index is 12.5. The van der Waals surface area contributed by atoms with Crippen LogP contribution in [0.2, 0.25) is 0 Å². The van der Waals surface area contributed by atoms with Crippen molar-refractivity contribution in [2.24, 2.45) is 0 Å². The van der Waals surface area contributed by atoms with Crippen LogP contribution in [-0.2, 0) is 17.8 Å². The molecule has 24 heavy (non-hydrogen) atoms. The molecule has 0 aliphatic carbocycles. The van der Waals surface area contributed by atoms with Crippen molar-refractivity contribution in [1.29, 1.82) is 0 Å². The van der Waals surface area contributed by atoms with Crippen LogP contribution in [0, 0.1) is 13.8 Å². The summed E-state index contributed by atoms with van der Waals surface area (Å²) in [6.07, 6.45) is 0.750. The van der Waals surface area contributed by atoms with Crippen LogP contribution in [-0.4, -0.2) is 32.2 Å². The van der Waals surface area contributed by atoms with Crippen LogP contribution in [0.5, 0.6) is 0 Å². The number of amides is 1. The summed E-state index contributed by atoms with van der Waals surface area (Å²) in [5, 5.41) is 11.4. The molecule has 0 saturated heterocycles. The van der Waals surface area contributed by atoms with Crippen LogP contribution in [0.25, 0.3) is 11.5 Å². The van der Waals surface area contributed by atoms with E-state index in [0.29, 0.717) is 40.5 Å². The van der Waals surface area contributed by atoms with E-state index in [-0.39, 0.29) is 5.91 Å². The first-order valence-electron chi connectivity index (χ1n) is 7.26. The number of nitrogens with zero attached hydrogens (tertiary/aromatic N) is 4. The summed E-state index contributed by atoms with van der Waals surface area (Å²) in [4.78, 5) is 18.4. The molecule has 3 aromatic heterocycles. The number of ether oxygens (including phenoxy) is 1. The van der Waals surface area contributed by atoms with Gasteiger partial charge in [0.15, 0.2) is 5.82 Å². The Morgan fingerprint density at radius 3 is 2.92 bits per heavy atom. The highest BCUT2D eigenvalue weighted by Gasteiger charge is 2.27. The number of carbonyl (C=O) groups is 1. The third-order valence-electron chi connectivity index (χ3n) is 3.65. The first-order chi connectivity index (χ1) is 11.6. The van der Waals surface area contributed by atoms with Crippen molar-refractivity contribution in [3.8, 4) is 11.5 Å². The minimum absolute atomic E-state index is 0.237. The number of aryl methyl sites for hydroxylation is 2. The molecule has 1 aliphatic rings. The van der Waals surface area contributed by atoms with E-state index in [2.05, 4.69) is 25.0 Å². The van der Waals surface area contributed by atoms with Gasteiger partial charge in [-0.1, -0.05) is 9.64 Å². The summed E-state index contributed by atoms with van der Waals surface area (Å²) in [5.41, 5.74) is 2.50. The molecule has 124 valence electrons. The normalized spacial score (nSPS) is 13.8. The van der Waals surface area contributed by atoms with Crippen molar-refractivity contribution >= 4 is 33.8 Å². The summed E-state index contributed by atoms with van der Waals surface area (Å²) in [7, 11) is 0. The van der Waals surface area contributed by atoms with E-state index in [9.17, 15) is 4.79 Å². The third-order valence-corrected chi connectivity index (χ3v) is 5.59. The zero-order chi connectivity index (χ0) is 16.7. The Morgan fingerprint density at radius 2 is 2.21 bits per heavy atom. The van der Waals surface area contributed by atoms with Crippen molar-refractivity contribution in [2.45, 2.75) is 26.9 Å². The zero-order valence-corrected chi connectivity index (χ0v) is 14.6. The lowest BCUT2D eigenvalue weighted by Crippen LogP contribution is -2.11. The molecule has 0 spiro atoms. The molecule has 3 aromatic rings. The minimum atomic E-state index is -0.237. The average Bonchev–Trinajstić information content (AvgIpc) is 3.25. The Hall–Kier alpha value is -2.17. The van der Waals surface area contributed by atoms with Crippen LogP contribution < -0.4 is 5.32 Å². The second-order valence-corrected chi connectivity index (χ2v) is 7.16. The summed E-state index contributed by atoms with van der Waals surface area (Å²) in [6.45, 7) is 4.68. The van der Waals surface area contributed by atoms with Crippen LogP contribution in [0.3, 0.4) is 0 Å². The molecule has 10 heteroatoms. The number of fused-ring (bicyclic) bond motifs is 1. The molecule has 0 unspecified atom stereocenters. The molecule has 0 bridgehead atoms. The van der Waals surface area contributed by atoms with Gasteiger partial charge in [-0.05, 0) is 37.4 Å². The zero-order valence-electron chi connectivity index (χ0n) is 13.0. The number of hydrogen-bond acceptors (Lipinski definition) is 9. The lowest BCUT2D eigenvalue weighted by molar-refractivity contribution is 0.103. The minimum Gasteiger partial charge on any atom is -0.376 e. The van der Waals surface area contributed by atoms with E-state index in [1.807, 2.05) is 0 Å². The lowest BCUT2D eigenvalue weighted by Gasteiger charge is -2.12. The van der Waals surface area contributed by atoms with E-state index < -0.39 is 0 Å². The maximum Gasteiger partial charge on any atom is 0.269 e. The van der Waals surface area contributed by atoms with E-state index in [4.69, 9.17) is 9.26 Å². The molecule has 0 radical (unpaired) electrons. The summed E-state index contributed by atoms with van der Waals surface area (Å²) < 4.78 is 14.7. The van der Waals surface area contributed by atoms with Crippen molar-refractivity contribution in [1.82, 2.24) is 19.7 Å². The Kier molecular flexibility index (Phi) is 3.87. The van der Waals surface area contributed by atoms with E-state index >= 15 is 0 Å². The van der Waals surface area contributed by atoms with Crippen molar-refractivity contribution in [2.75, 3.05) is 11.9 Å². The predicted octanol–water partition coefficient (Wildman–Crippen LogP) is 2.59. The van der Waals surface area contributed by atoms with Crippen LogP contribution in [0.4, 0.5) is 5.00 Å². The predicted molar refractivity (Wildman–Crippen MR) is 88.3 cm³/mol. The van der Waals surface area contributed by atoms with Crippen molar-refractivity contribution in [3.63, 3.8) is 0 Å². The fourth-order valence-electron chi connectivity index (χ4n) is 2.54. The smallest absolute Gasteiger partial charge is 0.269 e. The highest BCUT2D eigenvalue weighted by Crippen LogP contribution is 2.42. The summed E-state index contributed by atoms with van der Waals surface area (Å²) >= 11 is 2.55. The monoisotopic (exact) mass is 363 g/mol. The van der Waals surface area contributed by atoms with Gasteiger partial charge >= 0.3 is 0 Å². The number of nitrogens with one attached hydrogen (secondary N) is 1. The SMILES string of the molecule is Cc1noc(-c2c(NC(=O)c3snnc3C)sc3c2CCOC3)n1. The Labute approximate surface area is 145 Å². The van der Waals surface area contributed by atoms with Crippen LogP contribution in [0.1, 0.15) is 31.6 Å². The van der Waals surface area contributed by atoms with Crippen molar-refractivity contribution in [3.05, 3.63) is 26.8 Å². The topological polar surface area (TPSA) is 103 Å². The number of carbonyl (C=O) groups excluding carboxylic acids is 1. The average molecular weight is 363 g/mol. The summed E-state index contributed by atoms with van der Waals surface area (Å²) in [6, 6.07) is 0. The van der Waals surface area contributed by atoms with E-state index in [0.717, 1.165) is 34.0 Å². The molecule has 0 atom stereocenters. The molecule has 0 fully saturated rings. The number of rotatable bonds is 3. The molecule has 1 amide bonds. The lowest BCUT2D eigenvalue weighted by atomic mass is 10.1. The summed E-state index contributed by atoms with van der Waals surface area (Å²) in [5.74, 6) is 0.734. The Balaban J connectivity index is 1.76. The quantitative estimate of drug-likeness (QED) is 0.763. The van der Waals surface area contributed by atoms with Crippen LogP contribution in [0.15, 0.2) is 4.52 Å². The number of anilines is 1. The van der Waals surface area contributed by atoms with Gasteiger partial charge in [-0.3, -0.25) is 4.79 Å². The molecular weight excluding hydrogens is 350 g/mol. The molecule has 1 N–H and O–H groups in total. The molecule has 4 rings (SSSR count).